The number of anilines is 2. The number of hydrogen-bond donors (Lipinski definition) is 3. The third-order valence-corrected chi connectivity index (χ3v) is 4.50. The lowest BCUT2D eigenvalue weighted by molar-refractivity contribution is 0.310. The molecule has 1 fully saturated rings. The highest BCUT2D eigenvalue weighted by molar-refractivity contribution is 5.86. The van der Waals surface area contributed by atoms with Crippen molar-refractivity contribution in [1.29, 1.82) is 5.41 Å². The summed E-state index contributed by atoms with van der Waals surface area (Å²) >= 11 is 0. The summed E-state index contributed by atoms with van der Waals surface area (Å²) < 4.78 is 0. The number of nitrogens with two attached hydrogens (primary N) is 1. The predicted molar refractivity (Wildman–Crippen MR) is 96.4 cm³/mol. The third kappa shape index (κ3) is 4.23. The topological polar surface area (TPSA) is 61.9 Å². The quantitative estimate of drug-likeness (QED) is 0.394. The first kappa shape index (κ1) is 16.3. The molecule has 2 unspecified atom stereocenters. The maximum absolute atomic E-state index is 7.27. The SMILES string of the molecule is C=C1CC(CC)CC(CC(=C)Nc2ccc(C=N)c(N)c2)C1. The minimum absolute atomic E-state index is 0.616. The Hall–Kier alpha value is -2.03. The van der Waals surface area contributed by atoms with Gasteiger partial charge in [0.25, 0.3) is 0 Å². The van der Waals surface area contributed by atoms with Crippen molar-refractivity contribution < 1.29 is 0 Å². The molecule has 0 aromatic heterocycles. The molecule has 1 saturated carbocycles. The molecule has 0 aliphatic heterocycles. The molecule has 2 atom stereocenters. The molecule has 3 nitrogen and oxygen atoms in total. The van der Waals surface area contributed by atoms with Crippen molar-refractivity contribution in [2.24, 2.45) is 11.8 Å². The van der Waals surface area contributed by atoms with Crippen LogP contribution in [0.1, 0.15) is 44.6 Å². The highest BCUT2D eigenvalue weighted by atomic mass is 14.9. The Balaban J connectivity index is 1.93. The van der Waals surface area contributed by atoms with E-state index in [9.17, 15) is 0 Å². The summed E-state index contributed by atoms with van der Waals surface area (Å²) in [7, 11) is 0. The van der Waals surface area contributed by atoms with Crippen LogP contribution < -0.4 is 11.1 Å². The van der Waals surface area contributed by atoms with Gasteiger partial charge >= 0.3 is 0 Å². The summed E-state index contributed by atoms with van der Waals surface area (Å²) in [4.78, 5) is 0. The van der Waals surface area contributed by atoms with Crippen LogP contribution in [-0.2, 0) is 0 Å². The Kier molecular flexibility index (Phi) is 5.42. The monoisotopic (exact) mass is 297 g/mol. The van der Waals surface area contributed by atoms with Gasteiger partial charge in [-0.3, -0.25) is 0 Å². The Bertz CT molecular complexity index is 574. The summed E-state index contributed by atoms with van der Waals surface area (Å²) in [5, 5.41) is 10.6. The largest absolute Gasteiger partial charge is 0.398 e. The molecule has 0 spiro atoms. The normalized spacial score (nSPS) is 21.4. The molecular formula is C19H27N3. The predicted octanol–water partition coefficient (Wildman–Crippen LogP) is 4.96. The molecule has 22 heavy (non-hydrogen) atoms. The van der Waals surface area contributed by atoms with Gasteiger partial charge in [0, 0.05) is 28.8 Å². The average molecular weight is 297 g/mol. The van der Waals surface area contributed by atoms with E-state index in [1.54, 1.807) is 0 Å². The molecule has 2 rings (SSSR count). The van der Waals surface area contributed by atoms with E-state index < -0.39 is 0 Å². The average Bonchev–Trinajstić information content (AvgIpc) is 2.46. The molecule has 1 aliphatic rings. The third-order valence-electron chi connectivity index (χ3n) is 4.50. The van der Waals surface area contributed by atoms with Crippen molar-refractivity contribution in [2.45, 2.75) is 39.0 Å². The van der Waals surface area contributed by atoms with E-state index >= 15 is 0 Å². The van der Waals surface area contributed by atoms with Crippen LogP contribution in [0.3, 0.4) is 0 Å². The van der Waals surface area contributed by atoms with Crippen LogP contribution in [0.25, 0.3) is 0 Å². The Labute approximate surface area is 133 Å². The van der Waals surface area contributed by atoms with Gasteiger partial charge in [0.1, 0.15) is 0 Å². The van der Waals surface area contributed by atoms with E-state index in [-0.39, 0.29) is 0 Å². The van der Waals surface area contributed by atoms with Crippen LogP contribution in [-0.4, -0.2) is 6.21 Å². The fraction of sp³-hybridized carbons (Fsp3) is 0.421. The van der Waals surface area contributed by atoms with Crippen molar-refractivity contribution in [3.63, 3.8) is 0 Å². The zero-order valence-corrected chi connectivity index (χ0v) is 13.5. The van der Waals surface area contributed by atoms with Crippen LogP contribution in [0, 0.1) is 17.2 Å². The maximum atomic E-state index is 7.27. The Morgan fingerprint density at radius 2 is 2.14 bits per heavy atom. The van der Waals surface area contributed by atoms with Crippen LogP contribution >= 0.6 is 0 Å². The summed E-state index contributed by atoms with van der Waals surface area (Å²) in [5.74, 6) is 1.42. The van der Waals surface area contributed by atoms with Crippen molar-refractivity contribution in [3.05, 3.63) is 48.2 Å². The first-order valence-corrected chi connectivity index (χ1v) is 8.03. The van der Waals surface area contributed by atoms with Crippen molar-refractivity contribution in [3.8, 4) is 0 Å². The molecule has 3 heteroatoms. The van der Waals surface area contributed by atoms with Gasteiger partial charge in [-0.1, -0.05) is 32.1 Å². The molecule has 0 heterocycles. The van der Waals surface area contributed by atoms with Crippen LogP contribution in [0.2, 0.25) is 0 Å². The molecular weight excluding hydrogens is 270 g/mol. The van der Waals surface area contributed by atoms with E-state index in [1.165, 1.54) is 31.1 Å². The van der Waals surface area contributed by atoms with Gasteiger partial charge in [0.2, 0.25) is 0 Å². The standard InChI is InChI=1S/C19H27N3/c1-4-15-7-13(2)8-16(10-15)9-14(3)22-18-6-5-17(12-20)19(21)11-18/h5-6,11-12,15-16,20,22H,2-4,7-10,21H2,1H3. The van der Waals surface area contributed by atoms with Crippen molar-refractivity contribution >= 4 is 17.6 Å². The lowest BCUT2D eigenvalue weighted by Gasteiger charge is -2.30. The number of nitrogens with one attached hydrogen (secondary N) is 2. The first-order chi connectivity index (χ1) is 10.5. The summed E-state index contributed by atoms with van der Waals surface area (Å²) in [6.07, 6.45) is 7.05. The number of nitrogen functional groups attached to an aromatic ring is 1. The highest BCUT2D eigenvalue weighted by Gasteiger charge is 2.23. The Morgan fingerprint density at radius 3 is 2.77 bits per heavy atom. The molecule has 0 bridgehead atoms. The number of hydrogen-bond acceptors (Lipinski definition) is 3. The van der Waals surface area contributed by atoms with Crippen LogP contribution in [0.5, 0.6) is 0 Å². The fourth-order valence-corrected chi connectivity index (χ4v) is 3.39. The van der Waals surface area contributed by atoms with E-state index in [4.69, 9.17) is 11.1 Å². The van der Waals surface area contributed by atoms with Gasteiger partial charge < -0.3 is 16.5 Å². The van der Waals surface area contributed by atoms with Crippen molar-refractivity contribution in [2.75, 3.05) is 11.1 Å². The second-order valence-corrected chi connectivity index (χ2v) is 6.45. The maximum Gasteiger partial charge on any atom is 0.0423 e. The van der Waals surface area contributed by atoms with E-state index in [0.29, 0.717) is 11.6 Å². The van der Waals surface area contributed by atoms with Gasteiger partial charge in [-0.25, -0.2) is 0 Å². The van der Waals surface area contributed by atoms with Crippen LogP contribution in [0.15, 0.2) is 42.6 Å². The minimum Gasteiger partial charge on any atom is -0.398 e. The molecule has 0 saturated heterocycles. The van der Waals surface area contributed by atoms with Crippen LogP contribution in [0.4, 0.5) is 11.4 Å². The zero-order chi connectivity index (χ0) is 16.1. The molecule has 1 aromatic rings. The van der Waals surface area contributed by atoms with Gasteiger partial charge in [-0.15, -0.1) is 0 Å². The zero-order valence-electron chi connectivity index (χ0n) is 13.5. The second-order valence-electron chi connectivity index (χ2n) is 6.45. The van der Waals surface area contributed by atoms with Gasteiger partial charge in [0.15, 0.2) is 0 Å². The molecule has 0 amide bonds. The highest BCUT2D eigenvalue weighted by Crippen LogP contribution is 2.36. The molecule has 1 aromatic carbocycles. The van der Waals surface area contributed by atoms with E-state index in [0.717, 1.165) is 35.7 Å². The molecule has 1 aliphatic carbocycles. The summed E-state index contributed by atoms with van der Waals surface area (Å²) in [6, 6.07) is 5.66. The van der Waals surface area contributed by atoms with Gasteiger partial charge in [-0.05, 0) is 55.7 Å². The minimum atomic E-state index is 0.616. The van der Waals surface area contributed by atoms with Gasteiger partial charge in [0.05, 0.1) is 0 Å². The lowest BCUT2D eigenvalue weighted by atomic mass is 9.76. The van der Waals surface area contributed by atoms with Gasteiger partial charge in [-0.2, -0.15) is 0 Å². The summed E-state index contributed by atoms with van der Waals surface area (Å²) in [5.41, 5.74) is 10.6. The second kappa shape index (κ2) is 7.30. The van der Waals surface area contributed by atoms with Crippen molar-refractivity contribution in [1.82, 2.24) is 0 Å². The Morgan fingerprint density at radius 1 is 1.41 bits per heavy atom. The molecule has 4 N–H and O–H groups in total. The van der Waals surface area contributed by atoms with E-state index in [2.05, 4.69) is 25.4 Å². The molecule has 118 valence electrons. The lowest BCUT2D eigenvalue weighted by Crippen LogP contribution is -2.18. The number of benzene rings is 1. The smallest absolute Gasteiger partial charge is 0.0423 e. The van der Waals surface area contributed by atoms with E-state index in [1.807, 2.05) is 18.2 Å². The summed E-state index contributed by atoms with van der Waals surface area (Å²) in [6.45, 7) is 10.6. The number of allylic oxidation sites excluding steroid dienone is 2. The molecule has 0 radical (unpaired) electrons. The first-order valence-electron chi connectivity index (χ1n) is 8.03. The number of rotatable bonds is 6. The fourth-order valence-electron chi connectivity index (χ4n) is 3.39.